The molecule has 0 spiro atoms. The van der Waals surface area contributed by atoms with Crippen molar-refractivity contribution in [2.24, 2.45) is 0 Å². The minimum absolute atomic E-state index is 1.65. The van der Waals surface area contributed by atoms with Crippen molar-refractivity contribution in [3.05, 3.63) is 38.9 Å². The summed E-state index contributed by atoms with van der Waals surface area (Å²) in [5.74, 6) is -11.8. The molecular weight excluding hydrogens is 238 g/mol. The van der Waals surface area contributed by atoms with E-state index in [1.807, 2.05) is 0 Å². The van der Waals surface area contributed by atoms with E-state index in [1.165, 1.54) is 0 Å². The first kappa shape index (κ1) is 11.9. The molecule has 0 aliphatic rings. The maximum Gasteiger partial charge on any atom is 0.346 e. The Kier molecular flexibility index (Phi) is 2.79. The summed E-state index contributed by atoms with van der Waals surface area (Å²) in [6.45, 7) is 0. The van der Waals surface area contributed by atoms with E-state index in [9.17, 15) is 32.5 Å². The van der Waals surface area contributed by atoms with Crippen LogP contribution in [-0.4, -0.2) is 16.0 Å². The van der Waals surface area contributed by atoms with E-state index in [0.717, 1.165) is 0 Å². The third kappa shape index (κ3) is 1.55. The molecule has 86 valence electrons. The molecule has 0 unspecified atom stereocenters. The molecule has 16 heavy (non-hydrogen) atoms. The average Bonchev–Trinajstić information content (AvgIpc) is 2.18. The van der Waals surface area contributed by atoms with Crippen LogP contribution in [0.15, 0.2) is 0 Å². The zero-order valence-electron chi connectivity index (χ0n) is 7.13. The summed E-state index contributed by atoms with van der Waals surface area (Å²) >= 11 is 0. The summed E-state index contributed by atoms with van der Waals surface area (Å²) in [6, 6.07) is 0. The van der Waals surface area contributed by atoms with Crippen LogP contribution in [0.1, 0.15) is 10.4 Å². The molecule has 1 N–H and O–H groups in total. The molecule has 1 rings (SSSR count). The van der Waals surface area contributed by atoms with Crippen LogP contribution < -0.4 is 0 Å². The summed E-state index contributed by atoms with van der Waals surface area (Å²) in [4.78, 5) is 18.9. The first-order chi connectivity index (χ1) is 7.29. The van der Waals surface area contributed by atoms with Crippen LogP contribution in [-0.2, 0) is 0 Å². The summed E-state index contributed by atoms with van der Waals surface area (Å²) in [6.07, 6.45) is 0. The predicted molar refractivity (Wildman–Crippen MR) is 39.9 cm³/mol. The highest BCUT2D eigenvalue weighted by Gasteiger charge is 2.36. The van der Waals surface area contributed by atoms with Gasteiger partial charge in [-0.25, -0.2) is 18.0 Å². The van der Waals surface area contributed by atoms with Crippen LogP contribution in [0.4, 0.5) is 23.2 Å². The van der Waals surface area contributed by atoms with Crippen molar-refractivity contribution in [3.8, 4) is 0 Å². The van der Waals surface area contributed by atoms with Crippen LogP contribution in [0.3, 0.4) is 0 Å². The molecule has 0 aromatic heterocycles. The Hall–Kier alpha value is -2.19. The van der Waals surface area contributed by atoms with E-state index in [1.54, 1.807) is 0 Å². The van der Waals surface area contributed by atoms with Crippen molar-refractivity contribution in [1.29, 1.82) is 0 Å². The molecular formula is C7HF4NO4. The minimum atomic E-state index is -2.44. The summed E-state index contributed by atoms with van der Waals surface area (Å²) < 4.78 is 50.8. The lowest BCUT2D eigenvalue weighted by Crippen LogP contribution is -2.12. The summed E-state index contributed by atoms with van der Waals surface area (Å²) in [5.41, 5.74) is -3.81. The molecule has 0 fully saturated rings. The lowest BCUT2D eigenvalue weighted by atomic mass is 10.1. The second kappa shape index (κ2) is 3.76. The molecule has 0 amide bonds. The highest BCUT2D eigenvalue weighted by molar-refractivity contribution is 5.92. The first-order valence-electron chi connectivity index (χ1n) is 3.52. The largest absolute Gasteiger partial charge is 0.477 e. The normalized spacial score (nSPS) is 10.2. The molecule has 0 heterocycles. The molecule has 0 saturated heterocycles. The number of nitro benzene ring substituents is 1. The molecule has 0 aliphatic carbocycles. The quantitative estimate of drug-likeness (QED) is 0.281. The van der Waals surface area contributed by atoms with Crippen LogP contribution in [0, 0.1) is 33.4 Å². The summed E-state index contributed by atoms with van der Waals surface area (Å²) in [7, 11) is 0. The van der Waals surface area contributed by atoms with Gasteiger partial charge in [0.05, 0.1) is 4.92 Å². The van der Waals surface area contributed by atoms with Gasteiger partial charge >= 0.3 is 11.7 Å². The van der Waals surface area contributed by atoms with Gasteiger partial charge in [0.1, 0.15) is 0 Å². The number of carboxylic acids is 1. The molecule has 0 radical (unpaired) electrons. The molecule has 5 nitrogen and oxygen atoms in total. The van der Waals surface area contributed by atoms with E-state index in [2.05, 4.69) is 0 Å². The number of aromatic carboxylic acids is 1. The fourth-order valence-corrected chi connectivity index (χ4v) is 0.987. The van der Waals surface area contributed by atoms with Gasteiger partial charge in [0.25, 0.3) is 0 Å². The highest BCUT2D eigenvalue weighted by Crippen LogP contribution is 2.29. The van der Waals surface area contributed by atoms with Gasteiger partial charge in [0.2, 0.25) is 11.6 Å². The van der Waals surface area contributed by atoms with Gasteiger partial charge in [0.15, 0.2) is 17.2 Å². The third-order valence-corrected chi connectivity index (χ3v) is 1.64. The van der Waals surface area contributed by atoms with Crippen molar-refractivity contribution >= 4 is 11.7 Å². The van der Waals surface area contributed by atoms with Crippen LogP contribution in [0.2, 0.25) is 0 Å². The van der Waals surface area contributed by atoms with Gasteiger partial charge in [-0.05, 0) is 0 Å². The van der Waals surface area contributed by atoms with Gasteiger partial charge in [-0.1, -0.05) is 0 Å². The Balaban J connectivity index is 3.83. The monoisotopic (exact) mass is 239 g/mol. The lowest BCUT2D eigenvalue weighted by Gasteiger charge is -2.03. The first-order valence-corrected chi connectivity index (χ1v) is 3.52. The van der Waals surface area contributed by atoms with Gasteiger partial charge in [-0.3, -0.25) is 10.1 Å². The fraction of sp³-hybridized carbons (Fsp3) is 0. The number of nitrogens with zero attached hydrogens (tertiary/aromatic N) is 1. The zero-order valence-corrected chi connectivity index (χ0v) is 7.13. The Morgan fingerprint density at radius 2 is 1.50 bits per heavy atom. The Morgan fingerprint density at radius 1 is 1.06 bits per heavy atom. The second-order valence-electron chi connectivity index (χ2n) is 2.54. The van der Waals surface area contributed by atoms with Crippen molar-refractivity contribution in [2.75, 3.05) is 0 Å². The summed E-state index contributed by atoms with van der Waals surface area (Å²) in [5, 5.41) is 18.5. The van der Waals surface area contributed by atoms with Crippen molar-refractivity contribution in [1.82, 2.24) is 0 Å². The number of hydrogen-bond donors (Lipinski definition) is 1. The van der Waals surface area contributed by atoms with Crippen molar-refractivity contribution in [2.45, 2.75) is 0 Å². The standard InChI is InChI=1S/C7HF4NO4/c8-2-1(7(13)14)6(12(15)16)5(11)4(10)3(2)9/h(H,13,14). The number of nitro groups is 1. The van der Waals surface area contributed by atoms with Gasteiger partial charge in [0, 0.05) is 0 Å². The molecule has 0 bridgehead atoms. The number of carboxylic acid groups (broad SMARTS) is 1. The van der Waals surface area contributed by atoms with E-state index in [0.29, 0.717) is 0 Å². The van der Waals surface area contributed by atoms with Crippen LogP contribution in [0.25, 0.3) is 0 Å². The number of hydrogen-bond acceptors (Lipinski definition) is 3. The maximum absolute atomic E-state index is 12.8. The third-order valence-electron chi connectivity index (χ3n) is 1.64. The SMILES string of the molecule is O=C(O)c1c(F)c(F)c(F)c(F)c1[N+](=O)[O-]. The lowest BCUT2D eigenvalue weighted by molar-refractivity contribution is -0.388. The van der Waals surface area contributed by atoms with Gasteiger partial charge < -0.3 is 5.11 Å². The molecule has 1 aromatic rings. The smallest absolute Gasteiger partial charge is 0.346 e. The number of carbonyl (C=O) groups is 1. The number of benzene rings is 1. The number of rotatable bonds is 2. The highest BCUT2D eigenvalue weighted by atomic mass is 19.2. The fourth-order valence-electron chi connectivity index (χ4n) is 0.987. The van der Waals surface area contributed by atoms with E-state index in [4.69, 9.17) is 5.11 Å². The Labute approximate surface area is 84.1 Å². The van der Waals surface area contributed by atoms with Crippen molar-refractivity contribution < 1.29 is 32.4 Å². The van der Waals surface area contributed by atoms with E-state index in [-0.39, 0.29) is 0 Å². The predicted octanol–water partition coefficient (Wildman–Crippen LogP) is 1.85. The van der Waals surface area contributed by atoms with Crippen molar-refractivity contribution in [3.63, 3.8) is 0 Å². The Bertz CT molecular complexity index is 457. The Morgan fingerprint density at radius 3 is 1.88 bits per heavy atom. The average molecular weight is 239 g/mol. The number of halogens is 4. The van der Waals surface area contributed by atoms with Gasteiger partial charge in [-0.2, -0.15) is 4.39 Å². The maximum atomic E-state index is 12.8. The van der Waals surface area contributed by atoms with E-state index < -0.39 is 45.4 Å². The van der Waals surface area contributed by atoms with Crippen LogP contribution in [0.5, 0.6) is 0 Å². The topological polar surface area (TPSA) is 80.4 Å². The molecule has 0 atom stereocenters. The molecule has 9 heteroatoms. The molecule has 0 aliphatic heterocycles. The minimum Gasteiger partial charge on any atom is -0.477 e. The van der Waals surface area contributed by atoms with Crippen LogP contribution >= 0.6 is 0 Å². The molecule has 0 saturated carbocycles. The van der Waals surface area contributed by atoms with E-state index >= 15 is 0 Å². The second-order valence-corrected chi connectivity index (χ2v) is 2.54. The van der Waals surface area contributed by atoms with Gasteiger partial charge in [-0.15, -0.1) is 0 Å². The zero-order chi connectivity index (χ0) is 12.6. The molecule has 1 aromatic carbocycles.